The fourth-order valence-corrected chi connectivity index (χ4v) is 1.87. The van der Waals surface area contributed by atoms with Crippen LogP contribution in [0.25, 0.3) is 0 Å². The van der Waals surface area contributed by atoms with Crippen molar-refractivity contribution < 1.29 is 14.3 Å². The van der Waals surface area contributed by atoms with E-state index in [1.54, 1.807) is 32.0 Å². The zero-order valence-electron chi connectivity index (χ0n) is 9.97. The van der Waals surface area contributed by atoms with Gasteiger partial charge in [0.1, 0.15) is 0 Å². The number of Topliss-reactive ketones (excluding diaryl/α,β-unsaturated/α-hetero) is 1. The highest BCUT2D eigenvalue weighted by atomic mass is 16.6. The number of hydrogen-bond acceptors (Lipinski definition) is 3. The summed E-state index contributed by atoms with van der Waals surface area (Å²) in [5.74, 6) is 0.0780. The lowest BCUT2D eigenvalue weighted by molar-refractivity contribution is 0.0974. The molecule has 0 atom stereocenters. The van der Waals surface area contributed by atoms with Gasteiger partial charge in [-0.3, -0.25) is 9.69 Å². The smallest absolute Gasteiger partial charge is 0.414 e. The summed E-state index contributed by atoms with van der Waals surface area (Å²) >= 11 is 0. The first-order chi connectivity index (χ1) is 8.09. The summed E-state index contributed by atoms with van der Waals surface area (Å²) < 4.78 is 5.16. The maximum atomic E-state index is 11.9. The van der Waals surface area contributed by atoms with Gasteiger partial charge < -0.3 is 4.74 Å². The Hall–Kier alpha value is -1.84. The lowest BCUT2D eigenvalue weighted by Gasteiger charge is -2.28. The molecular formula is C13H15NO3. The number of anilines is 1. The first kappa shape index (κ1) is 11.6. The van der Waals surface area contributed by atoms with Gasteiger partial charge in [-0.25, -0.2) is 4.79 Å². The summed E-state index contributed by atoms with van der Waals surface area (Å²) in [6.45, 7) is 4.00. The Kier molecular flexibility index (Phi) is 3.13. The molecule has 0 spiro atoms. The molecule has 0 aliphatic carbocycles. The number of rotatable bonds is 1. The molecule has 17 heavy (non-hydrogen) atoms. The minimum Gasteiger partial charge on any atom is -0.446 e. The number of fused-ring (bicyclic) bond motifs is 1. The lowest BCUT2D eigenvalue weighted by Crippen LogP contribution is -2.38. The van der Waals surface area contributed by atoms with E-state index >= 15 is 0 Å². The molecule has 2 rings (SSSR count). The topological polar surface area (TPSA) is 46.6 Å². The molecule has 90 valence electrons. The summed E-state index contributed by atoms with van der Waals surface area (Å²) in [4.78, 5) is 25.1. The number of carbonyl (C=O) groups is 2. The monoisotopic (exact) mass is 233 g/mol. The average Bonchev–Trinajstić information content (AvgIpc) is 2.29. The van der Waals surface area contributed by atoms with Gasteiger partial charge in [-0.1, -0.05) is 12.1 Å². The predicted octanol–water partition coefficient (Wildman–Crippen LogP) is 2.62. The van der Waals surface area contributed by atoms with E-state index in [0.29, 0.717) is 24.2 Å². The van der Waals surface area contributed by atoms with Crippen molar-refractivity contribution >= 4 is 17.6 Å². The van der Waals surface area contributed by atoms with E-state index in [4.69, 9.17) is 4.74 Å². The highest BCUT2D eigenvalue weighted by Crippen LogP contribution is 2.27. The summed E-state index contributed by atoms with van der Waals surface area (Å²) in [6, 6.07) is 7.13. The molecule has 0 bridgehead atoms. The summed E-state index contributed by atoms with van der Waals surface area (Å²) in [5, 5.41) is 0. The number of amides is 1. The molecule has 1 aromatic carbocycles. The second-order valence-corrected chi connectivity index (χ2v) is 4.27. The quantitative estimate of drug-likeness (QED) is 0.749. The van der Waals surface area contributed by atoms with Crippen LogP contribution in [0.2, 0.25) is 0 Å². The van der Waals surface area contributed by atoms with Gasteiger partial charge in [0, 0.05) is 18.5 Å². The molecular weight excluding hydrogens is 218 g/mol. The number of carbonyl (C=O) groups excluding carboxylic acids is 2. The second kappa shape index (κ2) is 4.57. The van der Waals surface area contributed by atoms with Crippen LogP contribution in [0.5, 0.6) is 0 Å². The largest absolute Gasteiger partial charge is 0.446 e. The van der Waals surface area contributed by atoms with Gasteiger partial charge in [0.25, 0.3) is 0 Å². The van der Waals surface area contributed by atoms with E-state index in [1.165, 1.54) is 4.90 Å². The number of ketones is 1. The second-order valence-electron chi connectivity index (χ2n) is 4.27. The molecule has 1 aliphatic rings. The minimum absolute atomic E-state index is 0.0780. The molecule has 1 heterocycles. The molecule has 0 radical (unpaired) electrons. The SMILES string of the molecule is CC(C)OC(=O)N1CCC(=O)c2ccccc21. The molecule has 0 saturated carbocycles. The van der Waals surface area contributed by atoms with Crippen LogP contribution in [0, 0.1) is 0 Å². The summed E-state index contributed by atoms with van der Waals surface area (Å²) in [6.07, 6.45) is -0.197. The zero-order chi connectivity index (χ0) is 12.4. The van der Waals surface area contributed by atoms with Crippen molar-refractivity contribution in [2.45, 2.75) is 26.4 Å². The normalized spacial score (nSPS) is 14.8. The summed E-state index contributed by atoms with van der Waals surface area (Å²) in [7, 11) is 0. The predicted molar refractivity (Wildman–Crippen MR) is 64.4 cm³/mol. The molecule has 0 fully saturated rings. The molecule has 0 unspecified atom stereocenters. The minimum atomic E-state index is -0.389. The first-order valence-electron chi connectivity index (χ1n) is 5.70. The molecule has 0 aromatic heterocycles. The number of benzene rings is 1. The van der Waals surface area contributed by atoms with Gasteiger partial charge in [0.05, 0.1) is 11.8 Å². The Bertz CT molecular complexity index is 454. The Morgan fingerprint density at radius 2 is 2.06 bits per heavy atom. The van der Waals surface area contributed by atoms with Crippen molar-refractivity contribution in [3.63, 3.8) is 0 Å². The van der Waals surface area contributed by atoms with Crippen molar-refractivity contribution in [2.75, 3.05) is 11.4 Å². The molecule has 4 nitrogen and oxygen atoms in total. The molecule has 0 saturated heterocycles. The van der Waals surface area contributed by atoms with E-state index in [1.807, 2.05) is 6.07 Å². The number of para-hydroxylation sites is 1. The fraction of sp³-hybridized carbons (Fsp3) is 0.385. The van der Waals surface area contributed by atoms with Gasteiger partial charge in [-0.15, -0.1) is 0 Å². The highest BCUT2D eigenvalue weighted by molar-refractivity contribution is 6.07. The van der Waals surface area contributed by atoms with E-state index < -0.39 is 0 Å². The maximum Gasteiger partial charge on any atom is 0.414 e. The summed E-state index contributed by atoms with van der Waals surface area (Å²) in [5.41, 5.74) is 1.24. The molecule has 1 aromatic rings. The maximum absolute atomic E-state index is 11.9. The van der Waals surface area contributed by atoms with Crippen LogP contribution >= 0.6 is 0 Å². The average molecular weight is 233 g/mol. The fourth-order valence-electron chi connectivity index (χ4n) is 1.87. The van der Waals surface area contributed by atoms with E-state index in [2.05, 4.69) is 0 Å². The van der Waals surface area contributed by atoms with Crippen LogP contribution in [0.4, 0.5) is 10.5 Å². The van der Waals surface area contributed by atoms with E-state index in [9.17, 15) is 9.59 Å². The van der Waals surface area contributed by atoms with Gasteiger partial charge >= 0.3 is 6.09 Å². The van der Waals surface area contributed by atoms with Crippen molar-refractivity contribution in [3.05, 3.63) is 29.8 Å². The van der Waals surface area contributed by atoms with Crippen LogP contribution in [0.15, 0.2) is 24.3 Å². The van der Waals surface area contributed by atoms with Crippen LogP contribution in [-0.4, -0.2) is 24.5 Å². The first-order valence-corrected chi connectivity index (χ1v) is 5.70. The molecule has 1 aliphatic heterocycles. The van der Waals surface area contributed by atoms with Gasteiger partial charge in [-0.2, -0.15) is 0 Å². The van der Waals surface area contributed by atoms with Crippen molar-refractivity contribution in [2.24, 2.45) is 0 Å². The highest BCUT2D eigenvalue weighted by Gasteiger charge is 2.28. The standard InChI is InChI=1S/C13H15NO3/c1-9(2)17-13(16)14-8-7-12(15)10-5-3-4-6-11(10)14/h3-6,9H,7-8H2,1-2H3. The van der Waals surface area contributed by atoms with Crippen molar-refractivity contribution in [3.8, 4) is 0 Å². The Balaban J connectivity index is 2.30. The Labute approximate surface area is 100 Å². The van der Waals surface area contributed by atoms with Gasteiger partial charge in [0.15, 0.2) is 5.78 Å². The third-order valence-corrected chi connectivity index (χ3v) is 2.61. The van der Waals surface area contributed by atoms with Gasteiger partial charge in [-0.05, 0) is 26.0 Å². The van der Waals surface area contributed by atoms with Crippen molar-refractivity contribution in [1.29, 1.82) is 0 Å². The molecule has 4 heteroatoms. The third kappa shape index (κ3) is 2.30. The number of ether oxygens (including phenoxy) is 1. The van der Waals surface area contributed by atoms with Crippen LogP contribution in [0.3, 0.4) is 0 Å². The van der Waals surface area contributed by atoms with Crippen LogP contribution < -0.4 is 4.90 Å². The number of hydrogen-bond donors (Lipinski definition) is 0. The Morgan fingerprint density at radius 1 is 1.35 bits per heavy atom. The van der Waals surface area contributed by atoms with Crippen LogP contribution in [0.1, 0.15) is 30.6 Å². The molecule has 1 amide bonds. The van der Waals surface area contributed by atoms with Gasteiger partial charge in [0.2, 0.25) is 0 Å². The van der Waals surface area contributed by atoms with Crippen molar-refractivity contribution in [1.82, 2.24) is 0 Å². The van der Waals surface area contributed by atoms with E-state index in [0.717, 1.165) is 0 Å². The third-order valence-electron chi connectivity index (χ3n) is 2.61. The Morgan fingerprint density at radius 3 is 2.76 bits per heavy atom. The molecule has 0 N–H and O–H groups in total. The zero-order valence-corrected chi connectivity index (χ0v) is 9.97. The lowest BCUT2D eigenvalue weighted by atomic mass is 10.0. The number of nitrogens with zero attached hydrogens (tertiary/aromatic N) is 1. The van der Waals surface area contributed by atoms with E-state index in [-0.39, 0.29) is 18.0 Å². The van der Waals surface area contributed by atoms with Crippen LogP contribution in [-0.2, 0) is 4.74 Å².